The SMILES string of the molecule is NC(=O)C1CNCCN1C(=O)c1cc(O)cc(O)c1. The number of phenolic OH excluding ortho intramolecular Hbond substituents is 2. The van der Waals surface area contributed by atoms with Crippen molar-refractivity contribution in [2.75, 3.05) is 19.6 Å². The highest BCUT2D eigenvalue weighted by atomic mass is 16.3. The summed E-state index contributed by atoms with van der Waals surface area (Å²) < 4.78 is 0. The summed E-state index contributed by atoms with van der Waals surface area (Å²) in [5, 5.41) is 21.7. The number of nitrogens with zero attached hydrogens (tertiary/aromatic N) is 1. The fourth-order valence-electron chi connectivity index (χ4n) is 2.09. The lowest BCUT2D eigenvalue weighted by molar-refractivity contribution is -0.122. The summed E-state index contributed by atoms with van der Waals surface area (Å²) in [4.78, 5) is 25.0. The molecule has 7 heteroatoms. The van der Waals surface area contributed by atoms with E-state index in [0.717, 1.165) is 6.07 Å². The second-order valence-corrected chi connectivity index (χ2v) is 4.36. The van der Waals surface area contributed by atoms with Gasteiger partial charge in [0, 0.05) is 31.3 Å². The molecule has 19 heavy (non-hydrogen) atoms. The number of aromatic hydroxyl groups is 2. The maximum absolute atomic E-state index is 12.3. The lowest BCUT2D eigenvalue weighted by atomic mass is 10.1. The summed E-state index contributed by atoms with van der Waals surface area (Å²) in [5.41, 5.74) is 5.38. The van der Waals surface area contributed by atoms with Gasteiger partial charge < -0.3 is 26.2 Å². The minimum Gasteiger partial charge on any atom is -0.508 e. The molecule has 1 fully saturated rings. The number of nitrogens with one attached hydrogen (secondary N) is 1. The van der Waals surface area contributed by atoms with E-state index in [1.165, 1.54) is 17.0 Å². The van der Waals surface area contributed by atoms with Crippen LogP contribution in [-0.4, -0.2) is 52.6 Å². The van der Waals surface area contributed by atoms with Gasteiger partial charge in [-0.2, -0.15) is 0 Å². The first kappa shape index (κ1) is 13.2. The van der Waals surface area contributed by atoms with Crippen molar-refractivity contribution in [1.29, 1.82) is 0 Å². The van der Waals surface area contributed by atoms with Gasteiger partial charge >= 0.3 is 0 Å². The Balaban J connectivity index is 2.28. The molecule has 2 amide bonds. The summed E-state index contributed by atoms with van der Waals surface area (Å²) in [6, 6.07) is 2.87. The standard InChI is InChI=1S/C12H15N3O4/c13-11(18)10-6-14-1-2-15(10)12(19)7-3-8(16)5-9(17)4-7/h3-5,10,14,16-17H,1-2,6H2,(H2,13,18). The number of phenols is 2. The first-order chi connectivity index (χ1) is 8.99. The lowest BCUT2D eigenvalue weighted by Gasteiger charge is -2.34. The predicted octanol–water partition coefficient (Wildman–Crippen LogP) is -1.00. The van der Waals surface area contributed by atoms with Gasteiger partial charge in [-0.3, -0.25) is 9.59 Å². The van der Waals surface area contributed by atoms with E-state index in [0.29, 0.717) is 19.6 Å². The zero-order valence-electron chi connectivity index (χ0n) is 10.2. The monoisotopic (exact) mass is 265 g/mol. The van der Waals surface area contributed by atoms with E-state index in [1.807, 2.05) is 0 Å². The van der Waals surface area contributed by atoms with Crippen LogP contribution in [0.3, 0.4) is 0 Å². The minimum atomic E-state index is -0.731. The van der Waals surface area contributed by atoms with Crippen LogP contribution in [0.2, 0.25) is 0 Å². The highest BCUT2D eigenvalue weighted by Crippen LogP contribution is 2.22. The Kier molecular flexibility index (Phi) is 3.57. The van der Waals surface area contributed by atoms with Crippen molar-refractivity contribution < 1.29 is 19.8 Å². The van der Waals surface area contributed by atoms with E-state index in [1.54, 1.807) is 0 Å². The summed E-state index contributed by atoms with van der Waals surface area (Å²) >= 11 is 0. The molecule has 1 saturated heterocycles. The molecule has 2 rings (SSSR count). The third-order valence-corrected chi connectivity index (χ3v) is 2.98. The molecule has 1 aliphatic heterocycles. The number of carbonyl (C=O) groups is 2. The quantitative estimate of drug-likeness (QED) is 0.547. The highest BCUT2D eigenvalue weighted by Gasteiger charge is 2.31. The van der Waals surface area contributed by atoms with Gasteiger partial charge in [0.05, 0.1) is 0 Å². The average molecular weight is 265 g/mol. The predicted molar refractivity (Wildman–Crippen MR) is 66.7 cm³/mol. The molecule has 0 aliphatic carbocycles. The van der Waals surface area contributed by atoms with E-state index in [9.17, 15) is 19.8 Å². The molecule has 1 aliphatic rings. The molecule has 0 aromatic heterocycles. The van der Waals surface area contributed by atoms with Crippen molar-refractivity contribution in [3.63, 3.8) is 0 Å². The van der Waals surface area contributed by atoms with Crippen LogP contribution < -0.4 is 11.1 Å². The van der Waals surface area contributed by atoms with Crippen LogP contribution >= 0.6 is 0 Å². The van der Waals surface area contributed by atoms with Gasteiger partial charge in [-0.25, -0.2) is 0 Å². The smallest absolute Gasteiger partial charge is 0.254 e. The fourth-order valence-corrected chi connectivity index (χ4v) is 2.09. The fraction of sp³-hybridized carbons (Fsp3) is 0.333. The van der Waals surface area contributed by atoms with Crippen molar-refractivity contribution in [2.24, 2.45) is 5.73 Å². The molecule has 1 aromatic rings. The molecular formula is C12H15N3O4. The number of hydrogen-bond donors (Lipinski definition) is 4. The molecule has 0 bridgehead atoms. The second kappa shape index (κ2) is 5.15. The molecule has 1 aromatic carbocycles. The number of primary amides is 1. The van der Waals surface area contributed by atoms with Crippen molar-refractivity contribution in [2.45, 2.75) is 6.04 Å². The topological polar surface area (TPSA) is 116 Å². The summed E-state index contributed by atoms with van der Waals surface area (Å²) in [6.45, 7) is 1.19. The maximum atomic E-state index is 12.3. The van der Waals surface area contributed by atoms with Crippen LogP contribution in [0.5, 0.6) is 11.5 Å². The zero-order chi connectivity index (χ0) is 14.0. The number of carbonyl (C=O) groups excluding carboxylic acids is 2. The number of hydrogen-bond acceptors (Lipinski definition) is 5. The Hall–Kier alpha value is -2.28. The lowest BCUT2D eigenvalue weighted by Crippen LogP contribution is -2.58. The van der Waals surface area contributed by atoms with Gasteiger partial charge in [-0.1, -0.05) is 0 Å². The number of nitrogens with two attached hydrogens (primary N) is 1. The third kappa shape index (κ3) is 2.76. The molecule has 0 spiro atoms. The van der Waals surface area contributed by atoms with Crippen LogP contribution in [0.4, 0.5) is 0 Å². The number of rotatable bonds is 2. The summed E-state index contributed by atoms with van der Waals surface area (Å²) in [5.74, 6) is -1.47. The second-order valence-electron chi connectivity index (χ2n) is 4.36. The van der Waals surface area contributed by atoms with Gasteiger partial charge in [0.2, 0.25) is 5.91 Å². The molecular weight excluding hydrogens is 250 g/mol. The molecule has 1 heterocycles. The van der Waals surface area contributed by atoms with Crippen LogP contribution in [0.25, 0.3) is 0 Å². The molecule has 102 valence electrons. The van der Waals surface area contributed by atoms with Gasteiger partial charge in [-0.05, 0) is 12.1 Å². The van der Waals surface area contributed by atoms with E-state index in [2.05, 4.69) is 5.32 Å². The van der Waals surface area contributed by atoms with Crippen molar-refractivity contribution in [1.82, 2.24) is 10.2 Å². The van der Waals surface area contributed by atoms with Gasteiger partial charge in [0.15, 0.2) is 0 Å². The van der Waals surface area contributed by atoms with Gasteiger partial charge in [0.1, 0.15) is 17.5 Å². The van der Waals surface area contributed by atoms with Crippen LogP contribution in [0, 0.1) is 0 Å². The zero-order valence-corrected chi connectivity index (χ0v) is 10.2. The normalized spacial score (nSPS) is 19.2. The molecule has 0 radical (unpaired) electrons. The van der Waals surface area contributed by atoms with Crippen molar-refractivity contribution >= 4 is 11.8 Å². The van der Waals surface area contributed by atoms with Crippen LogP contribution in [-0.2, 0) is 4.79 Å². The third-order valence-electron chi connectivity index (χ3n) is 2.98. The first-order valence-electron chi connectivity index (χ1n) is 5.83. The Labute approximate surface area is 109 Å². The molecule has 0 saturated carbocycles. The Bertz CT molecular complexity index is 497. The molecule has 7 nitrogen and oxygen atoms in total. The first-order valence-corrected chi connectivity index (χ1v) is 5.83. The van der Waals surface area contributed by atoms with Crippen LogP contribution in [0.15, 0.2) is 18.2 Å². The number of piperazine rings is 1. The van der Waals surface area contributed by atoms with Crippen molar-refractivity contribution in [3.8, 4) is 11.5 Å². The maximum Gasteiger partial charge on any atom is 0.254 e. The Morgan fingerprint density at radius 1 is 1.26 bits per heavy atom. The van der Waals surface area contributed by atoms with E-state index >= 15 is 0 Å². The van der Waals surface area contributed by atoms with Crippen LogP contribution in [0.1, 0.15) is 10.4 Å². The minimum absolute atomic E-state index is 0.116. The average Bonchev–Trinajstić information content (AvgIpc) is 2.36. The summed E-state index contributed by atoms with van der Waals surface area (Å²) in [7, 11) is 0. The Morgan fingerprint density at radius 3 is 2.47 bits per heavy atom. The van der Waals surface area contributed by atoms with E-state index in [-0.39, 0.29) is 17.1 Å². The van der Waals surface area contributed by atoms with E-state index in [4.69, 9.17) is 5.73 Å². The molecule has 1 unspecified atom stereocenters. The van der Waals surface area contributed by atoms with E-state index < -0.39 is 17.9 Å². The van der Waals surface area contributed by atoms with Gasteiger partial charge in [-0.15, -0.1) is 0 Å². The largest absolute Gasteiger partial charge is 0.508 e. The summed E-state index contributed by atoms with van der Waals surface area (Å²) in [6.07, 6.45) is 0. The highest BCUT2D eigenvalue weighted by molar-refractivity contribution is 5.98. The molecule has 5 N–H and O–H groups in total. The number of benzene rings is 1. The van der Waals surface area contributed by atoms with Gasteiger partial charge in [0.25, 0.3) is 5.91 Å². The number of amides is 2. The molecule has 1 atom stereocenters. The van der Waals surface area contributed by atoms with Crippen molar-refractivity contribution in [3.05, 3.63) is 23.8 Å². The Morgan fingerprint density at radius 2 is 1.89 bits per heavy atom.